The average molecular weight is 293 g/mol. The van der Waals surface area contributed by atoms with Crippen molar-refractivity contribution >= 4 is 17.6 Å². The highest BCUT2D eigenvalue weighted by atomic mass is 16.5. The number of urea groups is 1. The first-order valence-corrected chi connectivity index (χ1v) is 6.86. The van der Waals surface area contributed by atoms with Crippen molar-refractivity contribution in [1.82, 2.24) is 10.2 Å². The summed E-state index contributed by atoms with van der Waals surface area (Å²) in [5.41, 5.74) is 1.54. The van der Waals surface area contributed by atoms with Crippen LogP contribution in [-0.2, 0) is 16.0 Å². The van der Waals surface area contributed by atoms with Gasteiger partial charge in [-0.05, 0) is 24.1 Å². The van der Waals surface area contributed by atoms with Crippen molar-refractivity contribution < 1.29 is 14.3 Å². The molecule has 0 bridgehead atoms. The molecule has 3 amide bonds. The molecule has 0 unspecified atom stereocenters. The molecule has 116 valence electrons. The quantitative estimate of drug-likeness (QED) is 0.748. The fraction of sp³-hybridized carbons (Fsp3) is 0.467. The van der Waals surface area contributed by atoms with Gasteiger partial charge in [0.25, 0.3) is 0 Å². The number of carbonyl (C=O) groups is 2. The molecule has 2 N–H and O–H groups in total. The Morgan fingerprint density at radius 1 is 1.29 bits per heavy atom. The van der Waals surface area contributed by atoms with Crippen LogP contribution in [0.5, 0.6) is 0 Å². The summed E-state index contributed by atoms with van der Waals surface area (Å²) in [6.07, 6.45) is 1.08. The molecule has 1 aromatic carbocycles. The van der Waals surface area contributed by atoms with Crippen LogP contribution in [0, 0.1) is 0 Å². The van der Waals surface area contributed by atoms with Crippen LogP contribution in [0.4, 0.5) is 10.5 Å². The first-order chi connectivity index (χ1) is 10.0. The summed E-state index contributed by atoms with van der Waals surface area (Å²) in [6.45, 7) is 1.23. The van der Waals surface area contributed by atoms with Gasteiger partial charge in [-0.25, -0.2) is 4.79 Å². The van der Waals surface area contributed by atoms with E-state index >= 15 is 0 Å². The summed E-state index contributed by atoms with van der Waals surface area (Å²) in [6, 6.07) is 7.08. The minimum atomic E-state index is -0.198. The highest BCUT2D eigenvalue weighted by Gasteiger charge is 2.06. The van der Waals surface area contributed by atoms with Crippen LogP contribution in [0.1, 0.15) is 12.0 Å². The molecular formula is C15H23N3O3. The second-order valence-corrected chi connectivity index (χ2v) is 4.90. The molecule has 0 heterocycles. The highest BCUT2D eigenvalue weighted by molar-refractivity contribution is 5.89. The zero-order chi connectivity index (χ0) is 15.7. The molecule has 0 fully saturated rings. The number of anilines is 1. The maximum absolute atomic E-state index is 11.8. The van der Waals surface area contributed by atoms with Crippen LogP contribution >= 0.6 is 0 Å². The number of benzene rings is 1. The van der Waals surface area contributed by atoms with Gasteiger partial charge < -0.3 is 20.3 Å². The third-order valence-electron chi connectivity index (χ3n) is 2.80. The molecule has 0 spiro atoms. The van der Waals surface area contributed by atoms with E-state index in [1.165, 1.54) is 4.90 Å². The fourth-order valence-corrected chi connectivity index (χ4v) is 1.69. The lowest BCUT2D eigenvalue weighted by molar-refractivity contribution is -0.120. The van der Waals surface area contributed by atoms with Gasteiger partial charge in [-0.2, -0.15) is 0 Å². The van der Waals surface area contributed by atoms with Gasteiger partial charge in [0, 0.05) is 40.0 Å². The second kappa shape index (κ2) is 8.97. The number of carbonyl (C=O) groups excluding carboxylic acids is 2. The van der Waals surface area contributed by atoms with Crippen molar-refractivity contribution in [2.24, 2.45) is 0 Å². The summed E-state index contributed by atoms with van der Waals surface area (Å²) in [7, 11) is 4.98. The molecule has 0 aliphatic rings. The Morgan fingerprint density at radius 3 is 2.71 bits per heavy atom. The topological polar surface area (TPSA) is 70.7 Å². The van der Waals surface area contributed by atoms with E-state index in [1.807, 2.05) is 12.1 Å². The molecule has 21 heavy (non-hydrogen) atoms. The Hall–Kier alpha value is -2.08. The Balaban J connectivity index is 2.48. The summed E-state index contributed by atoms with van der Waals surface area (Å²) in [5.74, 6) is -0.0396. The van der Waals surface area contributed by atoms with E-state index in [-0.39, 0.29) is 11.9 Å². The first-order valence-electron chi connectivity index (χ1n) is 6.86. The van der Waals surface area contributed by atoms with Gasteiger partial charge in [0.15, 0.2) is 0 Å². The van der Waals surface area contributed by atoms with Gasteiger partial charge in [-0.1, -0.05) is 12.1 Å². The Morgan fingerprint density at radius 2 is 2.05 bits per heavy atom. The van der Waals surface area contributed by atoms with Crippen molar-refractivity contribution in [3.05, 3.63) is 29.8 Å². The molecular weight excluding hydrogens is 270 g/mol. The molecule has 6 heteroatoms. The third-order valence-corrected chi connectivity index (χ3v) is 2.80. The Bertz CT molecular complexity index is 475. The van der Waals surface area contributed by atoms with Crippen molar-refractivity contribution in [2.45, 2.75) is 12.8 Å². The first kappa shape index (κ1) is 17.0. The van der Waals surface area contributed by atoms with E-state index in [1.54, 1.807) is 33.3 Å². The molecule has 0 saturated carbocycles. The molecule has 0 radical (unpaired) electrons. The molecule has 1 aromatic rings. The molecule has 0 saturated heterocycles. The molecule has 0 aliphatic carbocycles. The van der Waals surface area contributed by atoms with Gasteiger partial charge >= 0.3 is 6.03 Å². The highest BCUT2D eigenvalue weighted by Crippen LogP contribution is 2.11. The lowest BCUT2D eigenvalue weighted by Crippen LogP contribution is -2.28. The van der Waals surface area contributed by atoms with Crippen LogP contribution < -0.4 is 10.6 Å². The lowest BCUT2D eigenvalue weighted by atomic mass is 10.1. The van der Waals surface area contributed by atoms with Crippen molar-refractivity contribution in [3.8, 4) is 0 Å². The van der Waals surface area contributed by atoms with Gasteiger partial charge in [0.1, 0.15) is 0 Å². The Labute approximate surface area is 125 Å². The van der Waals surface area contributed by atoms with Crippen LogP contribution in [-0.4, -0.2) is 51.2 Å². The van der Waals surface area contributed by atoms with Crippen molar-refractivity contribution in [3.63, 3.8) is 0 Å². The van der Waals surface area contributed by atoms with Crippen molar-refractivity contribution in [2.75, 3.05) is 39.7 Å². The molecule has 1 rings (SSSR count). The maximum Gasteiger partial charge on any atom is 0.321 e. The van der Waals surface area contributed by atoms with Gasteiger partial charge in [0.05, 0.1) is 6.42 Å². The summed E-state index contributed by atoms with van der Waals surface area (Å²) >= 11 is 0. The standard InChI is InChI=1S/C15H23N3O3/c1-18(2)15(20)17-13-7-4-6-12(10-13)11-14(19)16-8-5-9-21-3/h4,6-7,10H,5,8-9,11H2,1-3H3,(H,16,19)(H,17,20). The van der Waals surface area contributed by atoms with Gasteiger partial charge in [0.2, 0.25) is 5.91 Å². The molecule has 0 atom stereocenters. The number of methoxy groups -OCH3 is 1. The van der Waals surface area contributed by atoms with Crippen LogP contribution in [0.25, 0.3) is 0 Å². The monoisotopic (exact) mass is 293 g/mol. The smallest absolute Gasteiger partial charge is 0.321 e. The SMILES string of the molecule is COCCCNC(=O)Cc1cccc(NC(=O)N(C)C)c1. The number of ether oxygens (including phenoxy) is 1. The predicted molar refractivity (Wildman–Crippen MR) is 82.4 cm³/mol. The van der Waals surface area contributed by atoms with E-state index in [0.717, 1.165) is 12.0 Å². The van der Waals surface area contributed by atoms with E-state index in [2.05, 4.69) is 10.6 Å². The summed E-state index contributed by atoms with van der Waals surface area (Å²) in [5, 5.41) is 5.58. The second-order valence-electron chi connectivity index (χ2n) is 4.90. The molecule has 0 aliphatic heterocycles. The average Bonchev–Trinajstić information content (AvgIpc) is 2.44. The zero-order valence-electron chi connectivity index (χ0n) is 12.8. The van der Waals surface area contributed by atoms with E-state index in [0.29, 0.717) is 25.3 Å². The number of rotatable bonds is 7. The minimum Gasteiger partial charge on any atom is -0.385 e. The van der Waals surface area contributed by atoms with Crippen LogP contribution in [0.15, 0.2) is 24.3 Å². The van der Waals surface area contributed by atoms with E-state index in [4.69, 9.17) is 4.74 Å². The number of nitrogens with zero attached hydrogens (tertiary/aromatic N) is 1. The largest absolute Gasteiger partial charge is 0.385 e. The maximum atomic E-state index is 11.8. The van der Waals surface area contributed by atoms with E-state index < -0.39 is 0 Å². The zero-order valence-corrected chi connectivity index (χ0v) is 12.8. The van der Waals surface area contributed by atoms with E-state index in [9.17, 15) is 9.59 Å². The van der Waals surface area contributed by atoms with Crippen LogP contribution in [0.2, 0.25) is 0 Å². The number of hydrogen-bond donors (Lipinski definition) is 2. The Kier molecular flexibility index (Phi) is 7.25. The van der Waals surface area contributed by atoms with Gasteiger partial charge in [-0.3, -0.25) is 4.79 Å². The van der Waals surface area contributed by atoms with Crippen molar-refractivity contribution in [1.29, 1.82) is 0 Å². The lowest BCUT2D eigenvalue weighted by Gasteiger charge is -2.12. The number of amides is 3. The normalized spacial score (nSPS) is 10.0. The molecule has 6 nitrogen and oxygen atoms in total. The summed E-state index contributed by atoms with van der Waals surface area (Å²) in [4.78, 5) is 24.8. The molecule has 0 aromatic heterocycles. The van der Waals surface area contributed by atoms with Gasteiger partial charge in [-0.15, -0.1) is 0 Å². The third kappa shape index (κ3) is 6.76. The fourth-order valence-electron chi connectivity index (χ4n) is 1.69. The number of hydrogen-bond acceptors (Lipinski definition) is 3. The summed E-state index contributed by atoms with van der Waals surface area (Å²) < 4.78 is 4.92. The minimum absolute atomic E-state index is 0.0396. The predicted octanol–water partition coefficient (Wildman–Crippen LogP) is 1.48. The van der Waals surface area contributed by atoms with Crippen LogP contribution in [0.3, 0.4) is 0 Å². The number of nitrogens with one attached hydrogen (secondary N) is 2.